The fraction of sp³-hybridized carbons (Fsp3) is 0. The zero-order chi connectivity index (χ0) is 10.6. The van der Waals surface area contributed by atoms with Gasteiger partial charge in [0.2, 0.25) is 0 Å². The topological polar surface area (TPSA) is 61.1 Å². The van der Waals surface area contributed by atoms with Gasteiger partial charge < -0.3 is 5.11 Å². The monoisotopic (exact) mass is 251 g/mol. The predicted molar refractivity (Wildman–Crippen MR) is 55.7 cm³/mol. The van der Waals surface area contributed by atoms with E-state index >= 15 is 0 Å². The lowest BCUT2D eigenvalue weighted by molar-refractivity contribution is 0.0697. The number of carboxylic acids is 1. The highest BCUT2D eigenvalue weighted by Gasteiger charge is 2.04. The average Bonchev–Trinajstić information content (AvgIpc) is 2.14. The van der Waals surface area contributed by atoms with Crippen LogP contribution in [-0.4, -0.2) is 11.1 Å². The second kappa shape index (κ2) is 4.58. The Hall–Kier alpha value is -1.60. The van der Waals surface area contributed by atoms with E-state index in [1.807, 2.05) is 6.07 Å². The number of hydrogen-bond acceptors (Lipinski definition) is 2. The molecule has 0 heterocycles. The summed E-state index contributed by atoms with van der Waals surface area (Å²) in [7, 11) is 0. The van der Waals surface area contributed by atoms with Crippen LogP contribution in [-0.2, 0) is 0 Å². The van der Waals surface area contributed by atoms with Crippen LogP contribution in [0.3, 0.4) is 0 Å². The lowest BCUT2D eigenvalue weighted by Crippen LogP contribution is -1.96. The zero-order valence-corrected chi connectivity index (χ0v) is 8.65. The first-order chi connectivity index (χ1) is 6.63. The summed E-state index contributed by atoms with van der Waals surface area (Å²) < 4.78 is 0.676. The van der Waals surface area contributed by atoms with Gasteiger partial charge in [0.1, 0.15) is 0 Å². The first-order valence-electron chi connectivity index (χ1n) is 3.73. The van der Waals surface area contributed by atoms with Gasteiger partial charge in [0.25, 0.3) is 0 Å². The number of hydrogen-bond donors (Lipinski definition) is 1. The van der Waals surface area contributed by atoms with Crippen LogP contribution >= 0.6 is 15.9 Å². The fourth-order valence-corrected chi connectivity index (χ4v) is 1.48. The summed E-state index contributed by atoms with van der Waals surface area (Å²) in [4.78, 5) is 10.7. The van der Waals surface area contributed by atoms with Crippen LogP contribution in [0.1, 0.15) is 15.9 Å². The third-order valence-corrected chi connectivity index (χ3v) is 1.98. The van der Waals surface area contributed by atoms with Crippen molar-refractivity contribution in [3.63, 3.8) is 0 Å². The molecular formula is C10H6BrNO2. The van der Waals surface area contributed by atoms with Gasteiger partial charge in [0.05, 0.1) is 11.6 Å². The second-order valence-electron chi connectivity index (χ2n) is 2.54. The third kappa shape index (κ3) is 2.71. The lowest BCUT2D eigenvalue weighted by Gasteiger charge is -1.98. The van der Waals surface area contributed by atoms with Crippen molar-refractivity contribution in [2.75, 3.05) is 0 Å². The normalized spacial score (nSPS) is 10.0. The van der Waals surface area contributed by atoms with E-state index in [0.29, 0.717) is 10.0 Å². The molecule has 0 radical (unpaired) electrons. The SMILES string of the molecule is N#CC=Cc1cc(Br)cc(C(=O)O)c1. The van der Waals surface area contributed by atoms with Crippen molar-refractivity contribution in [2.24, 2.45) is 0 Å². The molecule has 0 fully saturated rings. The molecule has 14 heavy (non-hydrogen) atoms. The highest BCUT2D eigenvalue weighted by atomic mass is 79.9. The number of benzene rings is 1. The predicted octanol–water partition coefficient (Wildman–Crippen LogP) is 2.68. The van der Waals surface area contributed by atoms with Gasteiger partial charge in [-0.1, -0.05) is 15.9 Å². The number of nitriles is 1. The number of allylic oxidation sites excluding steroid dienone is 1. The van der Waals surface area contributed by atoms with Crippen molar-refractivity contribution >= 4 is 28.0 Å². The zero-order valence-electron chi connectivity index (χ0n) is 7.07. The molecule has 0 amide bonds. The first-order valence-corrected chi connectivity index (χ1v) is 4.53. The number of rotatable bonds is 2. The number of carboxylic acid groups (broad SMARTS) is 1. The molecule has 1 rings (SSSR count). The highest BCUT2D eigenvalue weighted by molar-refractivity contribution is 9.10. The molecule has 0 aromatic heterocycles. The molecular weight excluding hydrogens is 246 g/mol. The summed E-state index contributed by atoms with van der Waals surface area (Å²) in [6.07, 6.45) is 2.85. The smallest absolute Gasteiger partial charge is 0.335 e. The molecule has 1 aromatic rings. The van der Waals surface area contributed by atoms with Gasteiger partial charge in [0, 0.05) is 10.5 Å². The van der Waals surface area contributed by atoms with Crippen LogP contribution in [0.15, 0.2) is 28.7 Å². The van der Waals surface area contributed by atoms with Gasteiger partial charge in [-0.05, 0) is 29.8 Å². The molecule has 0 aliphatic heterocycles. The molecule has 0 atom stereocenters. The Bertz CT molecular complexity index is 432. The van der Waals surface area contributed by atoms with Gasteiger partial charge in [-0.3, -0.25) is 0 Å². The largest absolute Gasteiger partial charge is 0.478 e. The Morgan fingerprint density at radius 2 is 2.21 bits per heavy atom. The molecule has 0 saturated heterocycles. The third-order valence-electron chi connectivity index (χ3n) is 1.52. The average molecular weight is 252 g/mol. The maximum Gasteiger partial charge on any atom is 0.335 e. The van der Waals surface area contributed by atoms with Crippen molar-refractivity contribution in [2.45, 2.75) is 0 Å². The van der Waals surface area contributed by atoms with E-state index in [1.165, 1.54) is 18.2 Å². The van der Waals surface area contributed by atoms with E-state index < -0.39 is 5.97 Å². The van der Waals surface area contributed by atoms with Gasteiger partial charge in [-0.15, -0.1) is 0 Å². The van der Waals surface area contributed by atoms with E-state index in [1.54, 1.807) is 12.1 Å². The van der Waals surface area contributed by atoms with Crippen molar-refractivity contribution < 1.29 is 9.90 Å². The molecule has 0 saturated carbocycles. The number of halogens is 1. The summed E-state index contributed by atoms with van der Waals surface area (Å²) in [5, 5.41) is 17.1. The molecule has 1 aromatic carbocycles. The Balaban J connectivity index is 3.15. The molecule has 70 valence electrons. The summed E-state index contributed by atoms with van der Waals surface area (Å²) >= 11 is 3.19. The number of carbonyl (C=O) groups is 1. The molecule has 0 aliphatic carbocycles. The van der Waals surface area contributed by atoms with Crippen LogP contribution in [0.2, 0.25) is 0 Å². The highest BCUT2D eigenvalue weighted by Crippen LogP contribution is 2.16. The molecule has 0 unspecified atom stereocenters. The second-order valence-corrected chi connectivity index (χ2v) is 3.46. The Labute approximate surface area is 89.4 Å². The molecule has 0 aliphatic rings. The number of nitrogens with zero attached hydrogens (tertiary/aromatic N) is 1. The standard InChI is InChI=1S/C10H6BrNO2/c11-9-5-7(2-1-3-12)4-8(6-9)10(13)14/h1-2,4-6H,(H,13,14). The molecule has 0 bridgehead atoms. The Morgan fingerprint density at radius 3 is 2.79 bits per heavy atom. The summed E-state index contributed by atoms with van der Waals surface area (Å²) in [5.41, 5.74) is 0.871. The van der Waals surface area contributed by atoms with Crippen molar-refractivity contribution in [1.29, 1.82) is 5.26 Å². The minimum absolute atomic E-state index is 0.192. The van der Waals surface area contributed by atoms with Crippen molar-refractivity contribution in [3.8, 4) is 6.07 Å². The van der Waals surface area contributed by atoms with Crippen LogP contribution in [0.4, 0.5) is 0 Å². The minimum Gasteiger partial charge on any atom is -0.478 e. The van der Waals surface area contributed by atoms with Gasteiger partial charge in [-0.2, -0.15) is 5.26 Å². The minimum atomic E-state index is -0.988. The first kappa shape index (κ1) is 10.5. The van der Waals surface area contributed by atoms with E-state index in [4.69, 9.17) is 10.4 Å². The lowest BCUT2D eigenvalue weighted by atomic mass is 10.1. The van der Waals surface area contributed by atoms with E-state index in [0.717, 1.165) is 0 Å². The Kier molecular flexibility index (Phi) is 3.43. The van der Waals surface area contributed by atoms with Crippen LogP contribution in [0.25, 0.3) is 6.08 Å². The number of aromatic carboxylic acids is 1. The van der Waals surface area contributed by atoms with Gasteiger partial charge >= 0.3 is 5.97 Å². The van der Waals surface area contributed by atoms with E-state index in [2.05, 4.69) is 15.9 Å². The van der Waals surface area contributed by atoms with Crippen LogP contribution in [0.5, 0.6) is 0 Å². The van der Waals surface area contributed by atoms with Crippen LogP contribution in [0, 0.1) is 11.3 Å². The Morgan fingerprint density at radius 1 is 1.50 bits per heavy atom. The maximum atomic E-state index is 10.7. The maximum absolute atomic E-state index is 10.7. The molecule has 1 N–H and O–H groups in total. The van der Waals surface area contributed by atoms with E-state index in [9.17, 15) is 4.79 Å². The quantitative estimate of drug-likeness (QED) is 0.823. The summed E-state index contributed by atoms with van der Waals surface area (Å²) in [6.45, 7) is 0. The van der Waals surface area contributed by atoms with Gasteiger partial charge in [0.15, 0.2) is 0 Å². The van der Waals surface area contributed by atoms with Crippen molar-refractivity contribution in [1.82, 2.24) is 0 Å². The molecule has 0 spiro atoms. The van der Waals surface area contributed by atoms with Gasteiger partial charge in [-0.25, -0.2) is 4.79 Å². The molecule has 4 heteroatoms. The van der Waals surface area contributed by atoms with Crippen molar-refractivity contribution in [3.05, 3.63) is 39.9 Å². The fourth-order valence-electron chi connectivity index (χ4n) is 0.966. The summed E-state index contributed by atoms with van der Waals surface area (Å²) in [6, 6.07) is 6.58. The summed E-state index contributed by atoms with van der Waals surface area (Å²) in [5.74, 6) is -0.988. The van der Waals surface area contributed by atoms with E-state index in [-0.39, 0.29) is 5.56 Å². The van der Waals surface area contributed by atoms with Crippen LogP contribution < -0.4 is 0 Å². The molecule has 3 nitrogen and oxygen atoms in total.